The Hall–Kier alpha value is -1.90. The zero-order valence-corrected chi connectivity index (χ0v) is 14.5. The number of rotatable bonds is 5. The van der Waals surface area contributed by atoms with E-state index in [4.69, 9.17) is 4.52 Å². The molecule has 2 rings (SSSR count). The van der Waals surface area contributed by atoms with Gasteiger partial charge in [-0.1, -0.05) is 17.3 Å². The number of amides is 2. The molecule has 2 aromatic rings. The summed E-state index contributed by atoms with van der Waals surface area (Å²) in [6.45, 7) is 2.08. The SMILES string of the molecule is Cc1cc(CN(C)C(=O)CNC(=O)c2ccccc2I)no1. The Morgan fingerprint density at radius 3 is 2.73 bits per heavy atom. The van der Waals surface area contributed by atoms with Crippen LogP contribution in [0.25, 0.3) is 0 Å². The fourth-order valence-corrected chi connectivity index (χ4v) is 2.49. The van der Waals surface area contributed by atoms with Crippen molar-refractivity contribution < 1.29 is 14.1 Å². The second kappa shape index (κ2) is 7.39. The van der Waals surface area contributed by atoms with Gasteiger partial charge in [0.1, 0.15) is 11.5 Å². The van der Waals surface area contributed by atoms with Crippen molar-refractivity contribution in [3.8, 4) is 0 Å². The van der Waals surface area contributed by atoms with Gasteiger partial charge in [-0.15, -0.1) is 0 Å². The molecule has 22 heavy (non-hydrogen) atoms. The Morgan fingerprint density at radius 2 is 2.09 bits per heavy atom. The Balaban J connectivity index is 1.87. The normalized spacial score (nSPS) is 10.3. The quantitative estimate of drug-likeness (QED) is 0.761. The summed E-state index contributed by atoms with van der Waals surface area (Å²) in [6.07, 6.45) is 0. The molecule has 0 radical (unpaired) electrons. The molecule has 1 heterocycles. The van der Waals surface area contributed by atoms with Crippen LogP contribution in [0.1, 0.15) is 21.8 Å². The Bertz CT molecular complexity index is 684. The van der Waals surface area contributed by atoms with E-state index in [1.165, 1.54) is 4.90 Å². The van der Waals surface area contributed by atoms with Crippen LogP contribution in [-0.4, -0.2) is 35.5 Å². The molecular weight excluding hydrogens is 397 g/mol. The number of carbonyl (C=O) groups excluding carboxylic acids is 2. The van der Waals surface area contributed by atoms with Crippen LogP contribution in [0.4, 0.5) is 0 Å². The highest BCUT2D eigenvalue weighted by Crippen LogP contribution is 2.11. The number of carbonyl (C=O) groups is 2. The van der Waals surface area contributed by atoms with E-state index in [9.17, 15) is 9.59 Å². The lowest BCUT2D eigenvalue weighted by molar-refractivity contribution is -0.129. The molecule has 1 N–H and O–H groups in total. The molecule has 1 aromatic carbocycles. The average molecular weight is 413 g/mol. The topological polar surface area (TPSA) is 75.4 Å². The Kier molecular flexibility index (Phi) is 5.53. The summed E-state index contributed by atoms with van der Waals surface area (Å²) in [5, 5.41) is 6.47. The van der Waals surface area contributed by atoms with Crippen LogP contribution < -0.4 is 5.32 Å². The molecule has 0 aliphatic heterocycles. The number of halogens is 1. The van der Waals surface area contributed by atoms with Crippen molar-refractivity contribution in [3.05, 3.63) is 50.9 Å². The van der Waals surface area contributed by atoms with Crippen molar-refractivity contribution in [1.82, 2.24) is 15.4 Å². The molecule has 2 amide bonds. The van der Waals surface area contributed by atoms with E-state index in [1.807, 2.05) is 12.1 Å². The fourth-order valence-electron chi connectivity index (χ4n) is 1.86. The van der Waals surface area contributed by atoms with Crippen LogP contribution in [0, 0.1) is 10.5 Å². The van der Waals surface area contributed by atoms with E-state index in [2.05, 4.69) is 33.1 Å². The van der Waals surface area contributed by atoms with E-state index in [0.717, 1.165) is 3.57 Å². The molecule has 7 heteroatoms. The van der Waals surface area contributed by atoms with Gasteiger partial charge in [0, 0.05) is 16.7 Å². The first-order valence-electron chi connectivity index (χ1n) is 6.66. The van der Waals surface area contributed by atoms with Crippen LogP contribution in [-0.2, 0) is 11.3 Å². The van der Waals surface area contributed by atoms with E-state index in [1.54, 1.807) is 32.2 Å². The van der Waals surface area contributed by atoms with E-state index < -0.39 is 0 Å². The average Bonchev–Trinajstić information content (AvgIpc) is 2.90. The van der Waals surface area contributed by atoms with Crippen molar-refractivity contribution in [2.24, 2.45) is 0 Å². The van der Waals surface area contributed by atoms with Crippen molar-refractivity contribution >= 4 is 34.4 Å². The summed E-state index contributed by atoms with van der Waals surface area (Å²) in [4.78, 5) is 25.6. The minimum absolute atomic E-state index is 0.0584. The van der Waals surface area contributed by atoms with Crippen LogP contribution in [0.5, 0.6) is 0 Å². The van der Waals surface area contributed by atoms with Crippen LogP contribution in [0.3, 0.4) is 0 Å². The first kappa shape index (κ1) is 16.5. The van der Waals surface area contributed by atoms with E-state index in [-0.39, 0.29) is 18.4 Å². The number of aryl methyl sites for hydroxylation is 1. The maximum absolute atomic E-state index is 12.0. The molecule has 0 saturated heterocycles. The lowest BCUT2D eigenvalue weighted by Crippen LogP contribution is -2.38. The standard InChI is InChI=1S/C15H16IN3O3/c1-10-7-11(18-22-10)9-19(2)14(20)8-17-15(21)12-5-3-4-6-13(12)16/h3-7H,8-9H2,1-2H3,(H,17,21). The lowest BCUT2D eigenvalue weighted by atomic mass is 10.2. The predicted octanol–water partition coefficient (Wildman–Crippen LogP) is 1.98. The van der Waals surface area contributed by atoms with E-state index >= 15 is 0 Å². The minimum atomic E-state index is -0.260. The van der Waals surface area contributed by atoms with Crippen LogP contribution in [0.15, 0.2) is 34.9 Å². The maximum Gasteiger partial charge on any atom is 0.252 e. The molecule has 6 nitrogen and oxygen atoms in total. The maximum atomic E-state index is 12.0. The fraction of sp³-hybridized carbons (Fsp3) is 0.267. The highest BCUT2D eigenvalue weighted by molar-refractivity contribution is 14.1. The molecule has 116 valence electrons. The molecule has 0 aliphatic rings. The summed E-state index contributed by atoms with van der Waals surface area (Å²) >= 11 is 2.09. The van der Waals surface area contributed by atoms with Crippen molar-refractivity contribution in [2.45, 2.75) is 13.5 Å². The number of likely N-dealkylation sites (N-methyl/N-ethyl adjacent to an activating group) is 1. The largest absolute Gasteiger partial charge is 0.361 e. The third-order valence-corrected chi connectivity index (χ3v) is 3.96. The van der Waals surface area contributed by atoms with Gasteiger partial charge in [-0.2, -0.15) is 0 Å². The number of nitrogens with one attached hydrogen (secondary N) is 1. The highest BCUT2D eigenvalue weighted by atomic mass is 127. The van der Waals surface area contributed by atoms with Gasteiger partial charge in [0.2, 0.25) is 5.91 Å². The number of nitrogens with zero attached hydrogens (tertiary/aromatic N) is 2. The van der Waals surface area contributed by atoms with Gasteiger partial charge in [0.15, 0.2) is 0 Å². The van der Waals surface area contributed by atoms with Gasteiger partial charge in [-0.3, -0.25) is 9.59 Å². The summed E-state index contributed by atoms with van der Waals surface area (Å²) in [7, 11) is 1.66. The molecule has 0 spiro atoms. The van der Waals surface area contributed by atoms with E-state index in [0.29, 0.717) is 23.6 Å². The van der Waals surface area contributed by atoms with Gasteiger partial charge < -0.3 is 14.7 Å². The van der Waals surface area contributed by atoms with Crippen molar-refractivity contribution in [2.75, 3.05) is 13.6 Å². The second-order valence-electron chi connectivity index (χ2n) is 4.84. The molecule has 0 unspecified atom stereocenters. The number of hydrogen-bond donors (Lipinski definition) is 1. The first-order valence-corrected chi connectivity index (χ1v) is 7.74. The lowest BCUT2D eigenvalue weighted by Gasteiger charge is -2.16. The predicted molar refractivity (Wildman–Crippen MR) is 89.2 cm³/mol. The van der Waals surface area contributed by atoms with Gasteiger partial charge in [0.05, 0.1) is 18.7 Å². The van der Waals surface area contributed by atoms with Crippen LogP contribution in [0.2, 0.25) is 0 Å². The summed E-state index contributed by atoms with van der Waals surface area (Å²) in [5.41, 5.74) is 1.24. The molecular formula is C15H16IN3O3. The van der Waals surface area contributed by atoms with Crippen LogP contribution >= 0.6 is 22.6 Å². The molecule has 0 fully saturated rings. The third kappa shape index (κ3) is 4.30. The summed E-state index contributed by atoms with van der Waals surface area (Å²) < 4.78 is 5.80. The number of benzene rings is 1. The number of aromatic nitrogens is 1. The van der Waals surface area contributed by atoms with Gasteiger partial charge in [0.25, 0.3) is 5.91 Å². The first-order chi connectivity index (χ1) is 10.5. The molecule has 0 atom stereocenters. The molecule has 1 aromatic heterocycles. The minimum Gasteiger partial charge on any atom is -0.361 e. The smallest absolute Gasteiger partial charge is 0.252 e. The van der Waals surface area contributed by atoms with Gasteiger partial charge in [-0.25, -0.2) is 0 Å². The summed E-state index contributed by atoms with van der Waals surface area (Å²) in [5.74, 6) is 0.242. The number of hydrogen-bond acceptors (Lipinski definition) is 4. The van der Waals surface area contributed by atoms with Gasteiger partial charge in [-0.05, 0) is 41.6 Å². The Morgan fingerprint density at radius 1 is 1.36 bits per heavy atom. The summed E-state index contributed by atoms with van der Waals surface area (Å²) in [6, 6.07) is 8.99. The zero-order chi connectivity index (χ0) is 16.1. The molecule has 0 aliphatic carbocycles. The van der Waals surface area contributed by atoms with Crippen molar-refractivity contribution in [1.29, 1.82) is 0 Å². The van der Waals surface area contributed by atoms with Gasteiger partial charge >= 0.3 is 0 Å². The Labute approximate surface area is 142 Å². The van der Waals surface area contributed by atoms with Crippen molar-refractivity contribution in [3.63, 3.8) is 0 Å². The second-order valence-corrected chi connectivity index (χ2v) is 6.00. The zero-order valence-electron chi connectivity index (χ0n) is 12.3. The molecule has 0 bridgehead atoms. The molecule has 0 saturated carbocycles. The highest BCUT2D eigenvalue weighted by Gasteiger charge is 2.14. The third-order valence-electron chi connectivity index (χ3n) is 3.02. The monoisotopic (exact) mass is 413 g/mol.